The van der Waals surface area contributed by atoms with E-state index in [2.05, 4.69) is 15.6 Å². The third-order valence-corrected chi connectivity index (χ3v) is 4.72. The molecule has 3 aromatic rings. The Hall–Kier alpha value is -3.06. The molecular formula is C20H21N3O3S. The highest BCUT2D eigenvalue weighted by Crippen LogP contribution is 2.32. The summed E-state index contributed by atoms with van der Waals surface area (Å²) in [5.74, 6) is 1.13. The molecule has 3 rings (SSSR count). The van der Waals surface area contributed by atoms with Crippen LogP contribution in [0.25, 0.3) is 0 Å². The van der Waals surface area contributed by atoms with E-state index in [0.29, 0.717) is 28.9 Å². The zero-order valence-corrected chi connectivity index (χ0v) is 16.2. The molecule has 140 valence electrons. The highest BCUT2D eigenvalue weighted by molar-refractivity contribution is 7.14. The maximum atomic E-state index is 12.3. The summed E-state index contributed by atoms with van der Waals surface area (Å²) in [6.07, 6.45) is 0. The predicted octanol–water partition coefficient (Wildman–Crippen LogP) is 4.14. The van der Waals surface area contributed by atoms with Crippen molar-refractivity contribution in [3.05, 3.63) is 64.7 Å². The minimum absolute atomic E-state index is 0.207. The molecule has 0 aliphatic rings. The topological polar surface area (TPSA) is 72.5 Å². The molecule has 0 aliphatic carbocycles. The monoisotopic (exact) mass is 383 g/mol. The summed E-state index contributed by atoms with van der Waals surface area (Å²) < 4.78 is 10.6. The lowest BCUT2D eigenvalue weighted by Crippen LogP contribution is -2.23. The number of nitrogens with one attached hydrogen (secondary N) is 2. The zero-order chi connectivity index (χ0) is 19.2. The fraction of sp³-hybridized carbons (Fsp3) is 0.200. The van der Waals surface area contributed by atoms with Gasteiger partial charge in [0.25, 0.3) is 5.91 Å². The van der Waals surface area contributed by atoms with Crippen molar-refractivity contribution < 1.29 is 14.3 Å². The molecular weight excluding hydrogens is 362 g/mol. The van der Waals surface area contributed by atoms with Crippen molar-refractivity contribution in [2.75, 3.05) is 19.5 Å². The zero-order valence-electron chi connectivity index (χ0n) is 15.4. The summed E-state index contributed by atoms with van der Waals surface area (Å²) in [7, 11) is 3.19. The molecule has 1 aromatic heterocycles. The summed E-state index contributed by atoms with van der Waals surface area (Å²) in [4.78, 5) is 16.7. The van der Waals surface area contributed by atoms with E-state index in [1.165, 1.54) is 16.9 Å². The van der Waals surface area contributed by atoms with Gasteiger partial charge in [-0.25, -0.2) is 4.98 Å². The first-order valence-electron chi connectivity index (χ1n) is 8.37. The fourth-order valence-corrected chi connectivity index (χ4v) is 3.13. The molecule has 0 saturated heterocycles. The first-order valence-corrected chi connectivity index (χ1v) is 9.25. The number of ether oxygens (including phenoxy) is 2. The number of carbonyl (C=O) groups is 1. The van der Waals surface area contributed by atoms with Crippen LogP contribution in [0, 0.1) is 6.92 Å². The third-order valence-electron chi connectivity index (χ3n) is 3.96. The summed E-state index contributed by atoms with van der Waals surface area (Å²) in [6.45, 7) is 2.50. The van der Waals surface area contributed by atoms with Gasteiger partial charge in [0.15, 0.2) is 5.13 Å². The molecule has 0 radical (unpaired) electrons. The number of anilines is 2. The number of rotatable bonds is 7. The number of aryl methyl sites for hydroxylation is 1. The molecule has 2 aromatic carbocycles. The first-order chi connectivity index (χ1) is 13.1. The van der Waals surface area contributed by atoms with Crippen LogP contribution < -0.4 is 20.1 Å². The molecule has 1 heterocycles. The van der Waals surface area contributed by atoms with E-state index in [4.69, 9.17) is 9.47 Å². The number of aromatic nitrogens is 1. The standard InChI is InChI=1S/C20H21N3O3S/c1-13-4-6-14(7-5-13)11-21-19(24)17-12-27-20(23-17)22-16-9-8-15(25-2)10-18(16)26-3/h4-10,12H,11H2,1-3H3,(H,21,24)(H,22,23). The van der Waals surface area contributed by atoms with Crippen molar-refractivity contribution in [2.24, 2.45) is 0 Å². The van der Waals surface area contributed by atoms with Crippen molar-refractivity contribution in [1.29, 1.82) is 0 Å². The second-order valence-electron chi connectivity index (χ2n) is 5.90. The molecule has 7 heteroatoms. The maximum absolute atomic E-state index is 12.3. The molecule has 0 saturated carbocycles. The smallest absolute Gasteiger partial charge is 0.271 e. The largest absolute Gasteiger partial charge is 0.497 e. The molecule has 0 fully saturated rings. The van der Waals surface area contributed by atoms with Crippen LogP contribution in [0.1, 0.15) is 21.6 Å². The fourth-order valence-electron chi connectivity index (χ4n) is 2.43. The third kappa shape index (κ3) is 4.77. The summed E-state index contributed by atoms with van der Waals surface area (Å²) in [5.41, 5.74) is 3.36. The molecule has 6 nitrogen and oxygen atoms in total. The van der Waals surface area contributed by atoms with Crippen LogP contribution in [0.4, 0.5) is 10.8 Å². The van der Waals surface area contributed by atoms with E-state index in [-0.39, 0.29) is 5.91 Å². The number of hydrogen-bond acceptors (Lipinski definition) is 6. The van der Waals surface area contributed by atoms with Crippen molar-refractivity contribution in [3.63, 3.8) is 0 Å². The summed E-state index contributed by atoms with van der Waals surface area (Å²) in [6, 6.07) is 13.5. The van der Waals surface area contributed by atoms with Gasteiger partial charge >= 0.3 is 0 Å². The lowest BCUT2D eigenvalue weighted by Gasteiger charge is -2.10. The van der Waals surface area contributed by atoms with Crippen LogP contribution in [0.15, 0.2) is 47.8 Å². The number of nitrogens with zero attached hydrogens (tertiary/aromatic N) is 1. The first kappa shape index (κ1) is 18.7. The van der Waals surface area contributed by atoms with Gasteiger partial charge in [-0.15, -0.1) is 11.3 Å². The van der Waals surface area contributed by atoms with E-state index < -0.39 is 0 Å². The average Bonchev–Trinajstić information content (AvgIpc) is 3.16. The van der Waals surface area contributed by atoms with Gasteiger partial charge in [-0.05, 0) is 24.6 Å². The second-order valence-corrected chi connectivity index (χ2v) is 6.76. The molecule has 27 heavy (non-hydrogen) atoms. The Balaban J connectivity index is 1.64. The lowest BCUT2D eigenvalue weighted by molar-refractivity contribution is 0.0946. The van der Waals surface area contributed by atoms with Gasteiger partial charge in [-0.1, -0.05) is 29.8 Å². The Morgan fingerprint density at radius 3 is 2.59 bits per heavy atom. The minimum atomic E-state index is -0.207. The molecule has 2 N–H and O–H groups in total. The van der Waals surface area contributed by atoms with Gasteiger partial charge in [-0.3, -0.25) is 4.79 Å². The van der Waals surface area contributed by atoms with Gasteiger partial charge in [0.05, 0.1) is 19.9 Å². The molecule has 0 atom stereocenters. The number of methoxy groups -OCH3 is 2. The van der Waals surface area contributed by atoms with Gasteiger partial charge in [0.2, 0.25) is 0 Å². The van der Waals surface area contributed by atoms with Crippen molar-refractivity contribution in [2.45, 2.75) is 13.5 Å². The van der Waals surface area contributed by atoms with Crippen LogP contribution in [0.2, 0.25) is 0 Å². The summed E-state index contributed by atoms with van der Waals surface area (Å²) >= 11 is 1.36. The Labute approximate surface area is 162 Å². The normalized spacial score (nSPS) is 10.3. The molecule has 0 aliphatic heterocycles. The van der Waals surface area contributed by atoms with Crippen LogP contribution in [0.5, 0.6) is 11.5 Å². The van der Waals surface area contributed by atoms with Gasteiger partial charge in [0, 0.05) is 18.0 Å². The summed E-state index contributed by atoms with van der Waals surface area (Å²) in [5, 5.41) is 8.40. The van der Waals surface area contributed by atoms with Crippen LogP contribution in [-0.2, 0) is 6.54 Å². The minimum Gasteiger partial charge on any atom is -0.497 e. The molecule has 0 bridgehead atoms. The Kier molecular flexibility index (Phi) is 5.93. The van der Waals surface area contributed by atoms with E-state index in [9.17, 15) is 4.79 Å². The van der Waals surface area contributed by atoms with Gasteiger partial charge in [0.1, 0.15) is 17.2 Å². The van der Waals surface area contributed by atoms with E-state index in [1.54, 1.807) is 25.7 Å². The van der Waals surface area contributed by atoms with Gasteiger partial charge < -0.3 is 20.1 Å². The lowest BCUT2D eigenvalue weighted by atomic mass is 10.1. The average molecular weight is 383 g/mol. The van der Waals surface area contributed by atoms with E-state index in [0.717, 1.165) is 11.3 Å². The Bertz CT molecular complexity index is 922. The van der Waals surface area contributed by atoms with E-state index >= 15 is 0 Å². The highest BCUT2D eigenvalue weighted by Gasteiger charge is 2.12. The van der Waals surface area contributed by atoms with Gasteiger partial charge in [-0.2, -0.15) is 0 Å². The molecule has 0 spiro atoms. The predicted molar refractivity (Wildman–Crippen MR) is 107 cm³/mol. The Morgan fingerprint density at radius 2 is 1.89 bits per heavy atom. The molecule has 0 unspecified atom stereocenters. The van der Waals surface area contributed by atoms with Crippen LogP contribution in [-0.4, -0.2) is 25.1 Å². The molecule has 1 amide bonds. The quantitative estimate of drug-likeness (QED) is 0.641. The number of benzene rings is 2. The number of hydrogen-bond donors (Lipinski definition) is 2. The van der Waals surface area contributed by atoms with E-state index in [1.807, 2.05) is 43.3 Å². The maximum Gasteiger partial charge on any atom is 0.271 e. The van der Waals surface area contributed by atoms with Crippen LogP contribution in [0.3, 0.4) is 0 Å². The number of carbonyl (C=O) groups excluding carboxylic acids is 1. The SMILES string of the molecule is COc1ccc(Nc2nc(C(=O)NCc3ccc(C)cc3)cs2)c(OC)c1. The highest BCUT2D eigenvalue weighted by atomic mass is 32.1. The number of amides is 1. The van der Waals surface area contributed by atoms with Crippen molar-refractivity contribution in [3.8, 4) is 11.5 Å². The number of thiazole rings is 1. The Morgan fingerprint density at radius 1 is 1.11 bits per heavy atom. The second kappa shape index (κ2) is 8.55. The van der Waals surface area contributed by atoms with Crippen molar-refractivity contribution in [1.82, 2.24) is 10.3 Å². The van der Waals surface area contributed by atoms with Crippen LogP contribution >= 0.6 is 11.3 Å². The van der Waals surface area contributed by atoms with Crippen molar-refractivity contribution >= 4 is 28.1 Å².